The van der Waals surface area contributed by atoms with Crippen molar-refractivity contribution >= 4 is 0 Å². The van der Waals surface area contributed by atoms with Crippen LogP contribution in [0.1, 0.15) is 30.9 Å². The Labute approximate surface area is 84.1 Å². The van der Waals surface area contributed by atoms with Gasteiger partial charge in [-0.25, -0.2) is 4.39 Å². The highest BCUT2D eigenvalue weighted by atomic mass is 19.1. The number of benzene rings is 1. The molecule has 1 heteroatoms. The van der Waals surface area contributed by atoms with Gasteiger partial charge in [0.2, 0.25) is 0 Å². The quantitative estimate of drug-likeness (QED) is 0.591. The zero-order valence-electron chi connectivity index (χ0n) is 8.10. The molecule has 1 aromatic rings. The molecule has 70 valence electrons. The van der Waals surface area contributed by atoms with Crippen molar-refractivity contribution in [2.75, 3.05) is 0 Å². The molecule has 0 amide bonds. The zero-order valence-corrected chi connectivity index (χ0v) is 8.10. The van der Waals surface area contributed by atoms with Crippen molar-refractivity contribution in [2.45, 2.75) is 19.8 Å². The standard InChI is InChI=1S/C13H11F/c1-3-5-6-7-12-9-8-11(4-2)10-13(12)14/h2,8-10H,3,5H2,1H3. The Hall–Kier alpha value is -1.73. The van der Waals surface area contributed by atoms with E-state index in [4.69, 9.17) is 6.42 Å². The van der Waals surface area contributed by atoms with Crippen molar-refractivity contribution in [2.24, 2.45) is 0 Å². The summed E-state index contributed by atoms with van der Waals surface area (Å²) in [5.41, 5.74) is 0.959. The highest BCUT2D eigenvalue weighted by Gasteiger charge is 1.98. The Morgan fingerprint density at radius 1 is 1.43 bits per heavy atom. The highest BCUT2D eigenvalue weighted by Crippen LogP contribution is 2.08. The molecule has 0 unspecified atom stereocenters. The second kappa shape index (κ2) is 5.10. The largest absolute Gasteiger partial charge is 0.206 e. The monoisotopic (exact) mass is 186 g/mol. The van der Waals surface area contributed by atoms with Crippen LogP contribution >= 0.6 is 0 Å². The lowest BCUT2D eigenvalue weighted by molar-refractivity contribution is 0.624. The van der Waals surface area contributed by atoms with Crippen molar-refractivity contribution in [3.8, 4) is 24.2 Å². The molecule has 0 atom stereocenters. The van der Waals surface area contributed by atoms with Crippen molar-refractivity contribution < 1.29 is 4.39 Å². The van der Waals surface area contributed by atoms with Crippen LogP contribution in [-0.4, -0.2) is 0 Å². The lowest BCUT2D eigenvalue weighted by Crippen LogP contribution is -1.85. The molecule has 0 spiro atoms. The number of halogens is 1. The predicted molar refractivity (Wildman–Crippen MR) is 56.1 cm³/mol. The first-order valence-corrected chi connectivity index (χ1v) is 4.53. The van der Waals surface area contributed by atoms with Crippen molar-refractivity contribution in [3.05, 3.63) is 35.1 Å². The molecule has 0 radical (unpaired) electrons. The molecular formula is C13H11F. The molecule has 0 bridgehead atoms. The third kappa shape index (κ3) is 2.64. The van der Waals surface area contributed by atoms with E-state index in [1.807, 2.05) is 6.92 Å². The summed E-state index contributed by atoms with van der Waals surface area (Å²) in [7, 11) is 0. The molecule has 0 fully saturated rings. The van der Waals surface area contributed by atoms with E-state index < -0.39 is 0 Å². The summed E-state index contributed by atoms with van der Waals surface area (Å²) < 4.78 is 13.3. The van der Waals surface area contributed by atoms with E-state index in [0.29, 0.717) is 11.1 Å². The first-order chi connectivity index (χ1) is 6.77. The van der Waals surface area contributed by atoms with Crippen LogP contribution in [0.25, 0.3) is 0 Å². The summed E-state index contributed by atoms with van der Waals surface area (Å²) in [5.74, 6) is 7.69. The van der Waals surface area contributed by atoms with Gasteiger partial charge >= 0.3 is 0 Å². The van der Waals surface area contributed by atoms with E-state index in [2.05, 4.69) is 17.8 Å². The highest BCUT2D eigenvalue weighted by molar-refractivity contribution is 5.42. The molecule has 0 saturated carbocycles. The molecule has 0 aliphatic rings. The summed E-state index contributed by atoms with van der Waals surface area (Å²) in [5, 5.41) is 0. The normalized spacial score (nSPS) is 8.64. The van der Waals surface area contributed by atoms with Gasteiger partial charge in [-0.1, -0.05) is 24.7 Å². The molecular weight excluding hydrogens is 175 g/mol. The van der Waals surface area contributed by atoms with Crippen LogP contribution in [0.3, 0.4) is 0 Å². The summed E-state index contributed by atoms with van der Waals surface area (Å²) in [6, 6.07) is 4.64. The number of hydrogen-bond acceptors (Lipinski definition) is 0. The Morgan fingerprint density at radius 3 is 2.79 bits per heavy atom. The van der Waals surface area contributed by atoms with Crippen LogP contribution in [0.5, 0.6) is 0 Å². The van der Waals surface area contributed by atoms with Gasteiger partial charge in [0.05, 0.1) is 5.56 Å². The Bertz CT molecular complexity index is 413. The average molecular weight is 186 g/mol. The first-order valence-electron chi connectivity index (χ1n) is 4.53. The zero-order chi connectivity index (χ0) is 10.4. The van der Waals surface area contributed by atoms with Crippen LogP contribution < -0.4 is 0 Å². The Kier molecular flexibility index (Phi) is 3.77. The number of terminal acetylenes is 1. The van der Waals surface area contributed by atoms with Gasteiger partial charge in [-0.2, -0.15) is 0 Å². The number of hydrogen-bond donors (Lipinski definition) is 0. The minimum atomic E-state index is -0.343. The molecule has 0 aromatic heterocycles. The maximum Gasteiger partial charge on any atom is 0.140 e. The second-order valence-corrected chi connectivity index (χ2v) is 2.89. The van der Waals surface area contributed by atoms with Gasteiger partial charge in [0.15, 0.2) is 0 Å². The smallest absolute Gasteiger partial charge is 0.140 e. The van der Waals surface area contributed by atoms with Gasteiger partial charge in [0.1, 0.15) is 5.82 Å². The van der Waals surface area contributed by atoms with E-state index in [1.165, 1.54) is 6.07 Å². The number of rotatable bonds is 1. The fraction of sp³-hybridized carbons (Fsp3) is 0.231. The third-order valence-corrected chi connectivity index (χ3v) is 1.73. The predicted octanol–water partition coefficient (Wildman–Crippen LogP) is 2.96. The van der Waals surface area contributed by atoms with Crippen LogP contribution in [0.15, 0.2) is 18.2 Å². The lowest BCUT2D eigenvalue weighted by atomic mass is 10.1. The molecule has 0 nitrogen and oxygen atoms in total. The molecule has 14 heavy (non-hydrogen) atoms. The Balaban J connectivity index is 2.92. The van der Waals surface area contributed by atoms with E-state index >= 15 is 0 Å². The van der Waals surface area contributed by atoms with Crippen LogP contribution in [-0.2, 0) is 0 Å². The molecule has 0 saturated heterocycles. The minimum Gasteiger partial charge on any atom is -0.206 e. The SMILES string of the molecule is C#Cc1ccc(C#CCCC)c(F)c1. The Morgan fingerprint density at radius 2 is 2.21 bits per heavy atom. The van der Waals surface area contributed by atoms with E-state index in [-0.39, 0.29) is 5.82 Å². The minimum absolute atomic E-state index is 0.343. The fourth-order valence-electron chi connectivity index (χ4n) is 0.989. The summed E-state index contributed by atoms with van der Waals surface area (Å²) in [4.78, 5) is 0. The van der Waals surface area contributed by atoms with Gasteiger partial charge in [0, 0.05) is 12.0 Å². The lowest BCUT2D eigenvalue weighted by Gasteiger charge is -1.94. The molecule has 0 aliphatic carbocycles. The van der Waals surface area contributed by atoms with E-state index in [9.17, 15) is 4.39 Å². The van der Waals surface area contributed by atoms with Gasteiger partial charge in [-0.05, 0) is 24.6 Å². The van der Waals surface area contributed by atoms with Crippen LogP contribution in [0, 0.1) is 30.0 Å². The maximum atomic E-state index is 13.3. The van der Waals surface area contributed by atoms with Crippen molar-refractivity contribution in [3.63, 3.8) is 0 Å². The summed E-state index contributed by atoms with van der Waals surface area (Å²) in [6.45, 7) is 2.03. The van der Waals surface area contributed by atoms with Crippen LogP contribution in [0.4, 0.5) is 4.39 Å². The van der Waals surface area contributed by atoms with Gasteiger partial charge < -0.3 is 0 Å². The molecule has 1 aromatic carbocycles. The second-order valence-electron chi connectivity index (χ2n) is 2.89. The average Bonchev–Trinajstić information content (AvgIpc) is 2.20. The maximum absolute atomic E-state index is 13.3. The summed E-state index contributed by atoms with van der Waals surface area (Å²) >= 11 is 0. The van der Waals surface area contributed by atoms with E-state index in [0.717, 1.165) is 12.8 Å². The van der Waals surface area contributed by atoms with Gasteiger partial charge in [-0.3, -0.25) is 0 Å². The van der Waals surface area contributed by atoms with Gasteiger partial charge in [0.25, 0.3) is 0 Å². The van der Waals surface area contributed by atoms with Gasteiger partial charge in [-0.15, -0.1) is 6.42 Å². The fourth-order valence-corrected chi connectivity index (χ4v) is 0.989. The third-order valence-electron chi connectivity index (χ3n) is 1.73. The first kappa shape index (κ1) is 10.4. The summed E-state index contributed by atoms with van der Waals surface area (Å²) in [6.07, 6.45) is 6.91. The topological polar surface area (TPSA) is 0 Å². The van der Waals surface area contributed by atoms with Crippen molar-refractivity contribution in [1.82, 2.24) is 0 Å². The van der Waals surface area contributed by atoms with Crippen LogP contribution in [0.2, 0.25) is 0 Å². The molecule has 0 heterocycles. The van der Waals surface area contributed by atoms with E-state index in [1.54, 1.807) is 12.1 Å². The molecule has 0 N–H and O–H groups in total. The van der Waals surface area contributed by atoms with Crippen molar-refractivity contribution in [1.29, 1.82) is 0 Å². The molecule has 1 rings (SSSR count). The number of unbranched alkanes of at least 4 members (excludes halogenated alkanes) is 1. The molecule has 0 aliphatic heterocycles.